The first-order valence-corrected chi connectivity index (χ1v) is 10.6. The Hall–Kier alpha value is -2.24. The number of rotatable bonds is 8. The standard InChI is InChI=1S/C17H21BrN4O5S/c1-11-8-13(4-5-14(11)18)21-15(23)10-27-17(24)6-7-19-28(25,26)16-9-22(3)12(2)20-16/h4-5,8-9,19H,6-7,10H2,1-3H3,(H,21,23). The van der Waals surface area contributed by atoms with Gasteiger partial charge in [0.2, 0.25) is 0 Å². The van der Waals surface area contributed by atoms with E-state index in [1.807, 2.05) is 6.92 Å². The highest BCUT2D eigenvalue weighted by molar-refractivity contribution is 9.10. The second-order valence-electron chi connectivity index (χ2n) is 6.06. The van der Waals surface area contributed by atoms with Gasteiger partial charge in [0.15, 0.2) is 11.6 Å². The van der Waals surface area contributed by atoms with Gasteiger partial charge in [-0.1, -0.05) is 15.9 Å². The van der Waals surface area contributed by atoms with Gasteiger partial charge in [-0.3, -0.25) is 9.59 Å². The zero-order chi connectivity index (χ0) is 20.9. The first kappa shape index (κ1) is 22.1. The van der Waals surface area contributed by atoms with Crippen LogP contribution in [0.4, 0.5) is 5.69 Å². The molecule has 1 amide bonds. The van der Waals surface area contributed by atoms with Crippen molar-refractivity contribution in [1.82, 2.24) is 14.3 Å². The maximum absolute atomic E-state index is 12.1. The average Bonchev–Trinajstić information content (AvgIpc) is 2.96. The van der Waals surface area contributed by atoms with Crippen LogP contribution in [-0.4, -0.2) is 43.0 Å². The molecule has 1 heterocycles. The van der Waals surface area contributed by atoms with Crippen molar-refractivity contribution in [2.24, 2.45) is 7.05 Å². The topological polar surface area (TPSA) is 119 Å². The molecular weight excluding hydrogens is 452 g/mol. The van der Waals surface area contributed by atoms with Crippen LogP contribution in [0.5, 0.6) is 0 Å². The van der Waals surface area contributed by atoms with Gasteiger partial charge in [0.1, 0.15) is 5.82 Å². The number of nitrogens with one attached hydrogen (secondary N) is 2. The van der Waals surface area contributed by atoms with E-state index >= 15 is 0 Å². The van der Waals surface area contributed by atoms with Crippen molar-refractivity contribution in [3.05, 3.63) is 40.3 Å². The maximum Gasteiger partial charge on any atom is 0.307 e. The van der Waals surface area contributed by atoms with Gasteiger partial charge in [0.05, 0.1) is 6.42 Å². The molecule has 0 fully saturated rings. The summed E-state index contributed by atoms with van der Waals surface area (Å²) in [5, 5.41) is 2.50. The zero-order valence-corrected chi connectivity index (χ0v) is 18.1. The molecule has 28 heavy (non-hydrogen) atoms. The molecule has 0 aliphatic heterocycles. The Morgan fingerprint density at radius 1 is 1.29 bits per heavy atom. The Bertz CT molecular complexity index is 968. The van der Waals surface area contributed by atoms with Crippen LogP contribution in [0.25, 0.3) is 0 Å². The largest absolute Gasteiger partial charge is 0.456 e. The van der Waals surface area contributed by atoms with Crippen LogP contribution in [0.3, 0.4) is 0 Å². The third kappa shape index (κ3) is 6.14. The molecule has 0 unspecified atom stereocenters. The second kappa shape index (κ2) is 9.30. The van der Waals surface area contributed by atoms with Crippen LogP contribution in [0.1, 0.15) is 17.8 Å². The number of aryl methyl sites for hydroxylation is 3. The molecule has 2 aromatic rings. The van der Waals surface area contributed by atoms with Gasteiger partial charge in [0.25, 0.3) is 15.9 Å². The quantitative estimate of drug-likeness (QED) is 0.563. The number of carbonyl (C=O) groups excluding carboxylic acids is 2. The summed E-state index contributed by atoms with van der Waals surface area (Å²) >= 11 is 3.37. The Kier molecular flexibility index (Phi) is 7.33. The third-order valence-corrected chi connectivity index (χ3v) is 6.01. The summed E-state index contributed by atoms with van der Waals surface area (Å²) in [6, 6.07) is 5.29. The number of nitrogens with zero attached hydrogens (tertiary/aromatic N) is 2. The van der Waals surface area contributed by atoms with Crippen LogP contribution in [0.15, 0.2) is 33.9 Å². The predicted molar refractivity (Wildman–Crippen MR) is 106 cm³/mol. The van der Waals surface area contributed by atoms with Crippen molar-refractivity contribution in [3.63, 3.8) is 0 Å². The van der Waals surface area contributed by atoms with Gasteiger partial charge in [-0.15, -0.1) is 0 Å². The molecule has 0 atom stereocenters. The van der Waals surface area contributed by atoms with E-state index in [0.717, 1.165) is 10.0 Å². The van der Waals surface area contributed by atoms with Crippen molar-refractivity contribution in [2.45, 2.75) is 25.3 Å². The number of benzene rings is 1. The Morgan fingerprint density at radius 2 is 2.00 bits per heavy atom. The Labute approximate surface area is 171 Å². The van der Waals surface area contributed by atoms with Gasteiger partial charge in [-0.25, -0.2) is 18.1 Å². The number of halogens is 1. The van der Waals surface area contributed by atoms with Gasteiger partial charge in [0, 0.05) is 29.9 Å². The molecular formula is C17H21BrN4O5S. The fourth-order valence-electron chi connectivity index (χ4n) is 2.15. The van der Waals surface area contributed by atoms with Crippen molar-refractivity contribution < 1.29 is 22.7 Å². The van der Waals surface area contributed by atoms with Crippen LogP contribution < -0.4 is 10.0 Å². The number of amides is 1. The van der Waals surface area contributed by atoms with E-state index in [-0.39, 0.29) is 18.0 Å². The second-order valence-corrected chi connectivity index (χ2v) is 8.63. The smallest absolute Gasteiger partial charge is 0.307 e. The van der Waals surface area contributed by atoms with Crippen LogP contribution in [-0.2, 0) is 31.4 Å². The monoisotopic (exact) mass is 472 g/mol. The predicted octanol–water partition coefficient (Wildman–Crippen LogP) is 1.65. The van der Waals surface area contributed by atoms with Gasteiger partial charge >= 0.3 is 5.97 Å². The lowest BCUT2D eigenvalue weighted by atomic mass is 10.2. The highest BCUT2D eigenvalue weighted by atomic mass is 79.9. The van der Waals surface area contributed by atoms with E-state index in [1.54, 1.807) is 36.7 Å². The Morgan fingerprint density at radius 3 is 2.61 bits per heavy atom. The number of esters is 1. The number of anilines is 1. The Balaban J connectivity index is 1.74. The molecule has 0 aliphatic rings. The van der Waals surface area contributed by atoms with E-state index in [9.17, 15) is 18.0 Å². The van der Waals surface area contributed by atoms with E-state index in [1.165, 1.54) is 6.20 Å². The van der Waals surface area contributed by atoms with E-state index in [2.05, 4.69) is 31.0 Å². The minimum absolute atomic E-state index is 0.120. The highest BCUT2D eigenvalue weighted by Gasteiger charge is 2.18. The summed E-state index contributed by atoms with van der Waals surface area (Å²) in [5.74, 6) is -0.631. The SMILES string of the molecule is Cc1cc(NC(=O)COC(=O)CCNS(=O)(=O)c2cn(C)c(C)n2)ccc1Br. The maximum atomic E-state index is 12.1. The summed E-state index contributed by atoms with van der Waals surface area (Å²) < 4.78 is 33.8. The van der Waals surface area contributed by atoms with Crippen LogP contribution in [0.2, 0.25) is 0 Å². The number of hydrogen-bond donors (Lipinski definition) is 2. The molecule has 0 saturated heterocycles. The van der Waals surface area contributed by atoms with E-state index in [4.69, 9.17) is 4.74 Å². The summed E-state index contributed by atoms with van der Waals surface area (Å²) in [4.78, 5) is 27.5. The van der Waals surface area contributed by atoms with Gasteiger partial charge < -0.3 is 14.6 Å². The van der Waals surface area contributed by atoms with Gasteiger partial charge in [-0.2, -0.15) is 0 Å². The summed E-state index contributed by atoms with van der Waals surface area (Å²) in [5.41, 5.74) is 1.53. The molecule has 11 heteroatoms. The lowest BCUT2D eigenvalue weighted by Gasteiger charge is -2.08. The van der Waals surface area contributed by atoms with Crippen molar-refractivity contribution in [1.29, 1.82) is 0 Å². The molecule has 0 radical (unpaired) electrons. The lowest BCUT2D eigenvalue weighted by molar-refractivity contribution is -0.147. The molecule has 2 rings (SSSR count). The van der Waals surface area contributed by atoms with Crippen molar-refractivity contribution in [3.8, 4) is 0 Å². The molecule has 152 valence electrons. The van der Waals surface area contributed by atoms with E-state index < -0.39 is 28.5 Å². The van der Waals surface area contributed by atoms with E-state index in [0.29, 0.717) is 11.5 Å². The summed E-state index contributed by atoms with van der Waals surface area (Å²) in [6.07, 6.45) is 1.17. The number of carbonyl (C=O) groups is 2. The van der Waals surface area contributed by atoms with Crippen LogP contribution >= 0.6 is 15.9 Å². The van der Waals surface area contributed by atoms with Crippen molar-refractivity contribution >= 4 is 43.5 Å². The zero-order valence-electron chi connectivity index (χ0n) is 15.7. The molecule has 9 nitrogen and oxygen atoms in total. The molecule has 0 spiro atoms. The minimum atomic E-state index is -3.81. The minimum Gasteiger partial charge on any atom is -0.456 e. The normalized spacial score (nSPS) is 11.3. The number of hydrogen-bond acceptors (Lipinski definition) is 6. The summed E-state index contributed by atoms with van der Waals surface area (Å²) in [6.45, 7) is 2.94. The molecule has 2 N–H and O–H groups in total. The molecule has 0 aliphatic carbocycles. The fourth-order valence-corrected chi connectivity index (χ4v) is 3.47. The number of ether oxygens (including phenoxy) is 1. The fraction of sp³-hybridized carbons (Fsp3) is 0.353. The van der Waals surface area contributed by atoms with Crippen molar-refractivity contribution in [2.75, 3.05) is 18.5 Å². The third-order valence-electron chi connectivity index (χ3n) is 3.79. The summed E-state index contributed by atoms with van der Waals surface area (Å²) in [7, 11) is -2.13. The van der Waals surface area contributed by atoms with Gasteiger partial charge in [-0.05, 0) is 37.6 Å². The number of imidazole rings is 1. The first-order chi connectivity index (χ1) is 13.1. The molecule has 1 aromatic carbocycles. The molecule has 0 bridgehead atoms. The first-order valence-electron chi connectivity index (χ1n) is 8.30. The number of aromatic nitrogens is 2. The molecule has 1 aromatic heterocycles. The number of sulfonamides is 1. The average molecular weight is 473 g/mol. The highest BCUT2D eigenvalue weighted by Crippen LogP contribution is 2.19. The molecule has 0 saturated carbocycles. The van der Waals surface area contributed by atoms with Crippen LogP contribution in [0, 0.1) is 13.8 Å². The lowest BCUT2D eigenvalue weighted by Crippen LogP contribution is -2.28.